The number of H-pyrrole nitrogens is 1. The minimum absolute atomic E-state index is 0.0679. The van der Waals surface area contributed by atoms with Crippen LogP contribution in [0.4, 0.5) is 0 Å². The van der Waals surface area contributed by atoms with Crippen molar-refractivity contribution in [3.8, 4) is 0 Å². The number of rotatable bonds is 2. The summed E-state index contributed by atoms with van der Waals surface area (Å²) >= 11 is 0. The van der Waals surface area contributed by atoms with Crippen LogP contribution in [0.5, 0.6) is 0 Å². The molecular formula is C20H26N4O. The maximum Gasteiger partial charge on any atom is 0.275 e. The predicted molar refractivity (Wildman–Crippen MR) is 97.4 cm³/mol. The summed E-state index contributed by atoms with van der Waals surface area (Å²) in [4.78, 5) is 15.4. The van der Waals surface area contributed by atoms with E-state index in [1.54, 1.807) is 0 Å². The number of benzene rings is 1. The summed E-state index contributed by atoms with van der Waals surface area (Å²) in [7, 11) is 0. The Morgan fingerprint density at radius 3 is 2.88 bits per heavy atom. The highest BCUT2D eigenvalue weighted by atomic mass is 16.2. The Morgan fingerprint density at radius 1 is 1.28 bits per heavy atom. The number of carbonyl (C=O) groups excluding carboxylic acids is 1. The number of aromatic nitrogens is 2. The molecule has 0 aliphatic carbocycles. The van der Waals surface area contributed by atoms with E-state index in [4.69, 9.17) is 0 Å². The lowest BCUT2D eigenvalue weighted by molar-refractivity contribution is 0.0506. The molecule has 1 saturated heterocycles. The summed E-state index contributed by atoms with van der Waals surface area (Å²) in [5.41, 5.74) is 5.25. The van der Waals surface area contributed by atoms with Crippen molar-refractivity contribution in [3.05, 3.63) is 52.3 Å². The van der Waals surface area contributed by atoms with Crippen molar-refractivity contribution in [2.24, 2.45) is 5.92 Å². The maximum absolute atomic E-state index is 13.3. The van der Waals surface area contributed by atoms with Crippen molar-refractivity contribution in [1.29, 1.82) is 0 Å². The topological polar surface area (TPSA) is 61.0 Å². The molecule has 0 bridgehead atoms. The molecule has 1 aromatic carbocycles. The van der Waals surface area contributed by atoms with E-state index in [9.17, 15) is 4.79 Å². The van der Waals surface area contributed by atoms with E-state index in [1.165, 1.54) is 11.1 Å². The SMILES string of the molecule is Cc1ccc(C2C(C)CCCN2C(=O)c2n[nH]c3c2CNCC3)cc1. The van der Waals surface area contributed by atoms with Crippen molar-refractivity contribution in [3.63, 3.8) is 0 Å². The Balaban J connectivity index is 1.67. The van der Waals surface area contributed by atoms with Gasteiger partial charge in [-0.2, -0.15) is 5.10 Å². The predicted octanol–water partition coefficient (Wildman–Crippen LogP) is 2.98. The fourth-order valence-electron chi connectivity index (χ4n) is 4.23. The Labute approximate surface area is 148 Å². The van der Waals surface area contributed by atoms with Crippen LogP contribution < -0.4 is 5.32 Å². The second kappa shape index (κ2) is 6.64. The Bertz CT molecular complexity index is 765. The normalized spacial score (nSPS) is 23.4. The zero-order valence-corrected chi connectivity index (χ0v) is 15.0. The third-order valence-corrected chi connectivity index (χ3v) is 5.62. The van der Waals surface area contributed by atoms with Crippen LogP contribution in [0.2, 0.25) is 0 Å². The maximum atomic E-state index is 13.3. The first-order chi connectivity index (χ1) is 12.1. The molecule has 0 spiro atoms. The molecule has 0 saturated carbocycles. The second-order valence-electron chi connectivity index (χ2n) is 7.43. The highest BCUT2D eigenvalue weighted by Crippen LogP contribution is 2.37. The number of aromatic amines is 1. The molecule has 3 heterocycles. The molecular weight excluding hydrogens is 312 g/mol. The molecule has 1 fully saturated rings. The molecule has 2 N–H and O–H groups in total. The fourth-order valence-corrected chi connectivity index (χ4v) is 4.23. The lowest BCUT2D eigenvalue weighted by Gasteiger charge is -2.40. The fraction of sp³-hybridized carbons (Fsp3) is 0.500. The lowest BCUT2D eigenvalue weighted by Crippen LogP contribution is -2.42. The van der Waals surface area contributed by atoms with Gasteiger partial charge in [-0.05, 0) is 31.2 Å². The third-order valence-electron chi connectivity index (χ3n) is 5.62. The van der Waals surface area contributed by atoms with Crippen LogP contribution in [0.15, 0.2) is 24.3 Å². The molecule has 2 unspecified atom stereocenters. The van der Waals surface area contributed by atoms with Crippen LogP contribution in [-0.4, -0.2) is 34.1 Å². The van der Waals surface area contributed by atoms with Gasteiger partial charge in [0.05, 0.1) is 6.04 Å². The average molecular weight is 338 g/mol. The van der Waals surface area contributed by atoms with Gasteiger partial charge in [-0.25, -0.2) is 0 Å². The van der Waals surface area contributed by atoms with Crippen LogP contribution in [0, 0.1) is 12.8 Å². The molecule has 5 nitrogen and oxygen atoms in total. The highest BCUT2D eigenvalue weighted by Gasteiger charge is 2.35. The molecule has 2 aromatic rings. The van der Waals surface area contributed by atoms with Crippen molar-refractivity contribution >= 4 is 5.91 Å². The molecule has 2 aliphatic heterocycles. The molecule has 1 aromatic heterocycles. The Kier molecular flexibility index (Phi) is 4.34. The van der Waals surface area contributed by atoms with Gasteiger partial charge in [0.15, 0.2) is 5.69 Å². The number of likely N-dealkylation sites (tertiary alicyclic amines) is 1. The first-order valence-corrected chi connectivity index (χ1v) is 9.29. The van der Waals surface area contributed by atoms with E-state index < -0.39 is 0 Å². The van der Waals surface area contributed by atoms with Crippen molar-refractivity contribution < 1.29 is 4.79 Å². The van der Waals surface area contributed by atoms with Gasteiger partial charge in [0, 0.05) is 37.3 Å². The number of fused-ring (bicyclic) bond motifs is 1. The number of carbonyl (C=O) groups is 1. The second-order valence-corrected chi connectivity index (χ2v) is 7.43. The number of amides is 1. The lowest BCUT2D eigenvalue weighted by atomic mass is 9.85. The molecule has 25 heavy (non-hydrogen) atoms. The Morgan fingerprint density at radius 2 is 2.08 bits per heavy atom. The van der Waals surface area contributed by atoms with Crippen LogP contribution in [0.1, 0.15) is 58.7 Å². The third kappa shape index (κ3) is 2.97. The van der Waals surface area contributed by atoms with Crippen LogP contribution in [0.25, 0.3) is 0 Å². The highest BCUT2D eigenvalue weighted by molar-refractivity contribution is 5.94. The molecule has 2 aliphatic rings. The van der Waals surface area contributed by atoms with E-state index >= 15 is 0 Å². The van der Waals surface area contributed by atoms with Gasteiger partial charge in [0.25, 0.3) is 5.91 Å². The number of piperidine rings is 1. The summed E-state index contributed by atoms with van der Waals surface area (Å²) < 4.78 is 0. The zero-order valence-electron chi connectivity index (χ0n) is 15.0. The van der Waals surface area contributed by atoms with E-state index in [-0.39, 0.29) is 11.9 Å². The van der Waals surface area contributed by atoms with Gasteiger partial charge in [0.1, 0.15) is 0 Å². The minimum Gasteiger partial charge on any atom is -0.330 e. The number of nitrogens with one attached hydrogen (secondary N) is 2. The zero-order chi connectivity index (χ0) is 17.4. The van der Waals surface area contributed by atoms with Crippen molar-refractivity contribution in [1.82, 2.24) is 20.4 Å². The van der Waals surface area contributed by atoms with Gasteiger partial charge in [-0.1, -0.05) is 36.8 Å². The summed E-state index contributed by atoms with van der Waals surface area (Å²) in [6.45, 7) is 6.82. The van der Waals surface area contributed by atoms with Crippen LogP contribution in [-0.2, 0) is 13.0 Å². The van der Waals surface area contributed by atoms with E-state index in [2.05, 4.69) is 53.6 Å². The first-order valence-electron chi connectivity index (χ1n) is 9.29. The Hall–Kier alpha value is -2.14. The van der Waals surface area contributed by atoms with Gasteiger partial charge in [0.2, 0.25) is 0 Å². The molecule has 132 valence electrons. The monoisotopic (exact) mass is 338 g/mol. The molecule has 2 atom stereocenters. The molecule has 1 amide bonds. The number of hydrogen-bond donors (Lipinski definition) is 2. The van der Waals surface area contributed by atoms with E-state index in [1.807, 2.05) is 4.90 Å². The smallest absolute Gasteiger partial charge is 0.275 e. The number of aryl methyl sites for hydroxylation is 1. The average Bonchev–Trinajstić information content (AvgIpc) is 3.06. The van der Waals surface area contributed by atoms with E-state index in [0.29, 0.717) is 11.6 Å². The number of nitrogens with zero attached hydrogens (tertiary/aromatic N) is 2. The van der Waals surface area contributed by atoms with Crippen molar-refractivity contribution in [2.75, 3.05) is 13.1 Å². The summed E-state index contributed by atoms with van der Waals surface area (Å²) in [6, 6.07) is 8.75. The largest absolute Gasteiger partial charge is 0.330 e. The van der Waals surface area contributed by atoms with E-state index in [0.717, 1.165) is 50.2 Å². The van der Waals surface area contributed by atoms with Gasteiger partial charge in [-0.3, -0.25) is 9.89 Å². The standard InChI is InChI=1S/C20H26N4O/c1-13-5-7-15(8-6-13)19-14(2)4-3-11-24(19)20(25)18-16-12-21-10-9-17(16)22-23-18/h5-8,14,19,21H,3-4,9-12H2,1-2H3,(H,22,23). The summed E-state index contributed by atoms with van der Waals surface area (Å²) in [6.07, 6.45) is 3.12. The van der Waals surface area contributed by atoms with Gasteiger partial charge >= 0.3 is 0 Å². The van der Waals surface area contributed by atoms with Crippen LogP contribution >= 0.6 is 0 Å². The van der Waals surface area contributed by atoms with Gasteiger partial charge in [-0.15, -0.1) is 0 Å². The quantitative estimate of drug-likeness (QED) is 0.885. The number of hydrogen-bond acceptors (Lipinski definition) is 3. The van der Waals surface area contributed by atoms with Gasteiger partial charge < -0.3 is 10.2 Å². The molecule has 4 rings (SSSR count). The minimum atomic E-state index is 0.0679. The first kappa shape index (κ1) is 16.3. The summed E-state index contributed by atoms with van der Waals surface area (Å²) in [5.74, 6) is 0.520. The molecule has 5 heteroatoms. The molecule has 0 radical (unpaired) electrons. The summed E-state index contributed by atoms with van der Waals surface area (Å²) in [5, 5.41) is 10.8. The van der Waals surface area contributed by atoms with Crippen molar-refractivity contribution in [2.45, 2.75) is 45.7 Å². The van der Waals surface area contributed by atoms with Crippen LogP contribution in [0.3, 0.4) is 0 Å².